The van der Waals surface area contributed by atoms with Crippen LogP contribution in [0.15, 0.2) is 0 Å². The first kappa shape index (κ1) is 17.3. The molecule has 0 aliphatic carbocycles. The number of aryl methyl sites for hydroxylation is 1. The van der Waals surface area contributed by atoms with Crippen molar-refractivity contribution in [3.63, 3.8) is 0 Å². The Balaban J connectivity index is 2.55. The molecule has 0 bridgehead atoms. The molecule has 20 heavy (non-hydrogen) atoms. The highest BCUT2D eigenvalue weighted by atomic mass is 32.1. The van der Waals surface area contributed by atoms with Crippen molar-refractivity contribution in [1.29, 1.82) is 0 Å². The van der Waals surface area contributed by atoms with Crippen LogP contribution in [0.4, 0.5) is 0 Å². The minimum atomic E-state index is -0.446. The minimum absolute atomic E-state index is 0.0395. The fourth-order valence-corrected chi connectivity index (χ4v) is 3.44. The number of H-pyrrole nitrogens is 1. The van der Waals surface area contributed by atoms with Gasteiger partial charge in [0.15, 0.2) is 3.95 Å². The summed E-state index contributed by atoms with van der Waals surface area (Å²) in [5.74, 6) is 0.126. The van der Waals surface area contributed by atoms with Crippen LogP contribution in [0.25, 0.3) is 0 Å². The zero-order valence-electron chi connectivity index (χ0n) is 12.7. The van der Waals surface area contributed by atoms with E-state index in [9.17, 15) is 9.90 Å². The molecule has 1 aromatic heterocycles. The first-order valence-corrected chi connectivity index (χ1v) is 7.99. The molecule has 0 aliphatic rings. The van der Waals surface area contributed by atoms with Crippen LogP contribution in [-0.2, 0) is 11.2 Å². The zero-order valence-corrected chi connectivity index (χ0v) is 14.4. The van der Waals surface area contributed by atoms with Crippen LogP contribution < -0.4 is 5.32 Å². The Bertz CT molecular complexity index is 517. The number of aliphatic hydroxyl groups is 1. The van der Waals surface area contributed by atoms with Gasteiger partial charge in [-0.15, -0.1) is 11.3 Å². The van der Waals surface area contributed by atoms with E-state index in [1.54, 1.807) is 0 Å². The molecule has 3 N–H and O–H groups in total. The van der Waals surface area contributed by atoms with Crippen LogP contribution >= 0.6 is 23.6 Å². The lowest BCUT2D eigenvalue weighted by molar-refractivity contribution is -0.121. The van der Waals surface area contributed by atoms with E-state index in [-0.39, 0.29) is 17.2 Å². The van der Waals surface area contributed by atoms with Crippen molar-refractivity contribution in [1.82, 2.24) is 10.3 Å². The second kappa shape index (κ2) is 6.83. The van der Waals surface area contributed by atoms with E-state index in [1.165, 1.54) is 11.3 Å². The number of aromatic nitrogens is 1. The highest BCUT2D eigenvalue weighted by Crippen LogP contribution is 2.25. The van der Waals surface area contributed by atoms with Gasteiger partial charge < -0.3 is 15.4 Å². The average molecular weight is 316 g/mol. The average Bonchev–Trinajstić information content (AvgIpc) is 2.64. The molecular weight excluding hydrogens is 292 g/mol. The Morgan fingerprint density at radius 3 is 2.55 bits per heavy atom. The monoisotopic (exact) mass is 316 g/mol. The number of nitrogens with one attached hydrogen (secondary N) is 2. The molecule has 0 aliphatic heterocycles. The highest BCUT2D eigenvalue weighted by molar-refractivity contribution is 7.73. The second-order valence-electron chi connectivity index (χ2n) is 6.19. The second-order valence-corrected chi connectivity index (χ2v) is 7.97. The van der Waals surface area contributed by atoms with Crippen molar-refractivity contribution in [2.24, 2.45) is 11.3 Å². The predicted octanol–water partition coefficient (Wildman–Crippen LogP) is 2.82. The SMILES string of the molecule is Cc1[nH]c(=S)sc1CC(=O)NCC(C)(C)[C@@H](O)C(C)C. The fraction of sp³-hybridized carbons (Fsp3) is 0.714. The number of thiazole rings is 1. The standard InChI is InChI=1S/C14H24N2O2S2/c1-8(2)12(18)14(4,5)7-15-11(17)6-10-9(3)16-13(19)20-10/h8,12,18H,6-7H2,1-5H3,(H,15,17)(H,16,19)/t12-/m0/s1. The number of hydrogen-bond acceptors (Lipinski definition) is 4. The van der Waals surface area contributed by atoms with E-state index in [0.29, 0.717) is 16.9 Å². The third-order valence-corrected chi connectivity index (χ3v) is 4.75. The molecular formula is C14H24N2O2S2. The third-order valence-electron chi connectivity index (χ3n) is 3.42. The Hall–Kier alpha value is -0.720. The highest BCUT2D eigenvalue weighted by Gasteiger charge is 2.30. The van der Waals surface area contributed by atoms with Crippen molar-refractivity contribution >= 4 is 29.5 Å². The lowest BCUT2D eigenvalue weighted by Crippen LogP contribution is -2.43. The van der Waals surface area contributed by atoms with Crippen molar-refractivity contribution in [2.45, 2.75) is 47.1 Å². The lowest BCUT2D eigenvalue weighted by atomic mass is 9.80. The van der Waals surface area contributed by atoms with Crippen LogP contribution in [0.2, 0.25) is 0 Å². The van der Waals surface area contributed by atoms with Gasteiger partial charge in [-0.05, 0) is 25.1 Å². The summed E-state index contributed by atoms with van der Waals surface area (Å²) in [4.78, 5) is 16.0. The number of carbonyl (C=O) groups excluding carboxylic acids is 1. The topological polar surface area (TPSA) is 65.1 Å². The molecule has 1 amide bonds. The van der Waals surface area contributed by atoms with Crippen molar-refractivity contribution in [2.75, 3.05) is 6.54 Å². The van der Waals surface area contributed by atoms with E-state index < -0.39 is 6.10 Å². The van der Waals surface area contributed by atoms with Crippen LogP contribution in [-0.4, -0.2) is 28.6 Å². The summed E-state index contributed by atoms with van der Waals surface area (Å²) < 4.78 is 0.695. The molecule has 0 fully saturated rings. The van der Waals surface area contributed by atoms with Crippen LogP contribution in [0, 0.1) is 22.2 Å². The van der Waals surface area contributed by atoms with E-state index in [1.807, 2.05) is 34.6 Å². The van der Waals surface area contributed by atoms with E-state index in [2.05, 4.69) is 10.3 Å². The number of hydrogen-bond donors (Lipinski definition) is 3. The van der Waals surface area contributed by atoms with Gasteiger partial charge in [0.05, 0.1) is 12.5 Å². The molecule has 1 heterocycles. The minimum Gasteiger partial charge on any atom is -0.392 e. The van der Waals surface area contributed by atoms with Crippen LogP contribution in [0.3, 0.4) is 0 Å². The van der Waals surface area contributed by atoms with E-state index in [4.69, 9.17) is 12.2 Å². The smallest absolute Gasteiger partial charge is 0.225 e. The third kappa shape index (κ3) is 4.68. The molecule has 0 radical (unpaired) electrons. The largest absolute Gasteiger partial charge is 0.392 e. The Labute approximate surface area is 129 Å². The number of aliphatic hydroxyl groups excluding tert-OH is 1. The molecule has 0 saturated carbocycles. The molecule has 0 aromatic carbocycles. The quantitative estimate of drug-likeness (QED) is 0.707. The van der Waals surface area contributed by atoms with Crippen LogP contribution in [0.1, 0.15) is 38.3 Å². The van der Waals surface area contributed by atoms with Gasteiger partial charge in [0.1, 0.15) is 0 Å². The summed E-state index contributed by atoms with van der Waals surface area (Å²) in [6.45, 7) is 10.3. The van der Waals surface area contributed by atoms with Crippen molar-refractivity contribution in [3.05, 3.63) is 14.5 Å². The molecule has 1 aromatic rings. The maximum atomic E-state index is 12.0. The number of amides is 1. The molecule has 0 unspecified atom stereocenters. The van der Waals surface area contributed by atoms with E-state index >= 15 is 0 Å². The van der Waals surface area contributed by atoms with Gasteiger partial charge in [-0.1, -0.05) is 27.7 Å². The van der Waals surface area contributed by atoms with Crippen molar-refractivity contribution < 1.29 is 9.90 Å². The molecule has 1 rings (SSSR count). The van der Waals surface area contributed by atoms with Gasteiger partial charge in [-0.2, -0.15) is 0 Å². The molecule has 0 saturated heterocycles. The van der Waals surface area contributed by atoms with Crippen molar-refractivity contribution in [3.8, 4) is 0 Å². The first-order chi connectivity index (χ1) is 9.13. The predicted molar refractivity (Wildman–Crippen MR) is 85.6 cm³/mol. The molecule has 114 valence electrons. The van der Waals surface area contributed by atoms with Gasteiger partial charge in [0.25, 0.3) is 0 Å². The molecule has 4 nitrogen and oxygen atoms in total. The van der Waals surface area contributed by atoms with E-state index in [0.717, 1.165) is 10.6 Å². The molecule has 1 atom stereocenters. The maximum Gasteiger partial charge on any atom is 0.225 e. The fourth-order valence-electron chi connectivity index (χ4n) is 2.15. The Kier molecular flexibility index (Phi) is 5.91. The summed E-state index contributed by atoms with van der Waals surface area (Å²) >= 11 is 6.49. The number of carbonyl (C=O) groups is 1. The van der Waals surface area contributed by atoms with Gasteiger partial charge in [-0.25, -0.2) is 0 Å². The summed E-state index contributed by atoms with van der Waals surface area (Å²) in [5.41, 5.74) is 0.612. The van der Waals surface area contributed by atoms with Gasteiger partial charge in [-0.3, -0.25) is 4.79 Å². The normalized spacial score (nSPS) is 13.6. The zero-order chi connectivity index (χ0) is 15.5. The maximum absolute atomic E-state index is 12.0. The summed E-state index contributed by atoms with van der Waals surface area (Å²) in [6, 6.07) is 0. The van der Waals surface area contributed by atoms with Gasteiger partial charge >= 0.3 is 0 Å². The molecule has 0 spiro atoms. The van der Waals surface area contributed by atoms with Crippen LogP contribution in [0.5, 0.6) is 0 Å². The number of rotatable bonds is 6. The van der Waals surface area contributed by atoms with Gasteiger partial charge in [0.2, 0.25) is 5.91 Å². The molecule has 6 heteroatoms. The number of aromatic amines is 1. The lowest BCUT2D eigenvalue weighted by Gasteiger charge is -2.33. The Morgan fingerprint density at radius 1 is 1.50 bits per heavy atom. The Morgan fingerprint density at radius 2 is 2.10 bits per heavy atom. The van der Waals surface area contributed by atoms with Gasteiger partial charge in [0, 0.05) is 22.5 Å². The summed E-state index contributed by atoms with van der Waals surface area (Å²) in [6.07, 6.45) is -0.115. The first-order valence-electron chi connectivity index (χ1n) is 6.77. The summed E-state index contributed by atoms with van der Waals surface area (Å²) in [7, 11) is 0. The summed E-state index contributed by atoms with van der Waals surface area (Å²) in [5, 5.41) is 13.0.